The van der Waals surface area contributed by atoms with Crippen molar-refractivity contribution >= 4 is 56.0 Å². The molecule has 2 heterocycles. The summed E-state index contributed by atoms with van der Waals surface area (Å²) in [4.78, 5) is 21.9. The minimum absolute atomic E-state index is 0.226. The molecule has 0 atom stereocenters. The van der Waals surface area contributed by atoms with Gasteiger partial charge in [0, 0.05) is 20.6 Å². The number of nitrogens with one attached hydrogen (secondary N) is 1. The van der Waals surface area contributed by atoms with Gasteiger partial charge in [-0.25, -0.2) is 14.6 Å². The summed E-state index contributed by atoms with van der Waals surface area (Å²) in [7, 11) is 0. The van der Waals surface area contributed by atoms with E-state index in [9.17, 15) is 4.79 Å². The van der Waals surface area contributed by atoms with Crippen LogP contribution in [0.4, 0.5) is 5.69 Å². The summed E-state index contributed by atoms with van der Waals surface area (Å²) in [6.07, 6.45) is 3.03. The van der Waals surface area contributed by atoms with E-state index in [0.29, 0.717) is 16.1 Å². The lowest BCUT2D eigenvalue weighted by molar-refractivity contribution is 0.870. The lowest BCUT2D eigenvalue weighted by atomic mass is 10.3. The van der Waals surface area contributed by atoms with Gasteiger partial charge in [0.05, 0.1) is 11.1 Å². The van der Waals surface area contributed by atoms with Crippen molar-refractivity contribution in [1.29, 1.82) is 0 Å². The summed E-state index contributed by atoms with van der Waals surface area (Å²) in [5.41, 5.74) is 4.01. The largest absolute Gasteiger partial charge is 0.289 e. The van der Waals surface area contributed by atoms with Crippen molar-refractivity contribution in [2.45, 2.75) is 11.8 Å². The van der Waals surface area contributed by atoms with Crippen molar-refractivity contribution in [2.75, 3.05) is 11.2 Å². The molecule has 118 valence electrons. The number of pyridine rings is 1. The Morgan fingerprint density at radius 3 is 2.96 bits per heavy atom. The van der Waals surface area contributed by atoms with Crippen molar-refractivity contribution < 1.29 is 0 Å². The molecular weight excluding hydrogens is 400 g/mol. The molecule has 0 unspecified atom stereocenters. The Bertz CT molecular complexity index is 931. The van der Waals surface area contributed by atoms with Gasteiger partial charge in [-0.1, -0.05) is 18.5 Å². The zero-order valence-electron chi connectivity index (χ0n) is 12.1. The second-order valence-corrected chi connectivity index (χ2v) is 7.29. The van der Waals surface area contributed by atoms with Gasteiger partial charge >= 0.3 is 0 Å². The van der Waals surface area contributed by atoms with Crippen LogP contribution in [0.2, 0.25) is 5.02 Å². The smallest absolute Gasteiger partial charge is 0.281 e. The number of rotatable bonds is 4. The van der Waals surface area contributed by atoms with Crippen LogP contribution in [0.1, 0.15) is 6.92 Å². The molecule has 0 radical (unpaired) electrons. The van der Waals surface area contributed by atoms with E-state index in [1.807, 2.05) is 12.1 Å². The molecule has 0 aliphatic carbocycles. The molecule has 0 aliphatic heterocycles. The maximum atomic E-state index is 12.6. The molecule has 2 aromatic heterocycles. The predicted octanol–water partition coefficient (Wildman–Crippen LogP) is 4.19. The number of aromatic nitrogens is 3. The van der Waals surface area contributed by atoms with E-state index < -0.39 is 0 Å². The standard InChI is InChI=1S/C15H12BrClN4OS/c1-2-23-13-4-3-10(17)6-12(13)20-21-8-19-14-11(15(21)22)5-9(16)7-18-14/h3-8,20H,2H2,1H3. The molecule has 0 fully saturated rings. The Morgan fingerprint density at radius 1 is 1.35 bits per heavy atom. The number of benzene rings is 1. The third kappa shape index (κ3) is 3.52. The van der Waals surface area contributed by atoms with Gasteiger partial charge in [-0.2, -0.15) is 0 Å². The minimum atomic E-state index is -0.226. The molecule has 0 saturated heterocycles. The lowest BCUT2D eigenvalue weighted by Crippen LogP contribution is -2.27. The van der Waals surface area contributed by atoms with Gasteiger partial charge in [-0.3, -0.25) is 10.2 Å². The number of anilines is 1. The number of halogens is 2. The van der Waals surface area contributed by atoms with E-state index in [1.165, 1.54) is 11.0 Å². The molecular formula is C15H12BrClN4OS. The minimum Gasteiger partial charge on any atom is -0.289 e. The zero-order valence-corrected chi connectivity index (χ0v) is 15.2. The third-order valence-electron chi connectivity index (χ3n) is 3.06. The van der Waals surface area contributed by atoms with Crippen LogP contribution in [0.3, 0.4) is 0 Å². The van der Waals surface area contributed by atoms with Gasteiger partial charge in [0.1, 0.15) is 6.33 Å². The maximum Gasteiger partial charge on any atom is 0.281 e. The zero-order chi connectivity index (χ0) is 16.4. The molecule has 8 heteroatoms. The fourth-order valence-electron chi connectivity index (χ4n) is 2.07. The molecule has 0 spiro atoms. The van der Waals surface area contributed by atoms with E-state index in [-0.39, 0.29) is 5.56 Å². The maximum absolute atomic E-state index is 12.6. The van der Waals surface area contributed by atoms with Crippen LogP contribution in [0.5, 0.6) is 0 Å². The van der Waals surface area contributed by atoms with E-state index in [0.717, 1.165) is 20.8 Å². The Morgan fingerprint density at radius 2 is 2.17 bits per heavy atom. The first-order chi connectivity index (χ1) is 11.1. The van der Waals surface area contributed by atoms with E-state index >= 15 is 0 Å². The van der Waals surface area contributed by atoms with Gasteiger partial charge in [0.2, 0.25) is 0 Å². The first-order valence-corrected chi connectivity index (χ1v) is 8.96. The first kappa shape index (κ1) is 16.3. The summed E-state index contributed by atoms with van der Waals surface area (Å²) in [5.74, 6) is 0.915. The van der Waals surface area contributed by atoms with E-state index in [1.54, 1.807) is 30.1 Å². The lowest BCUT2D eigenvalue weighted by Gasteiger charge is -2.13. The Kier molecular flexibility index (Phi) is 4.89. The summed E-state index contributed by atoms with van der Waals surface area (Å²) in [6, 6.07) is 7.24. The van der Waals surface area contributed by atoms with Gasteiger partial charge in [-0.15, -0.1) is 11.8 Å². The molecule has 23 heavy (non-hydrogen) atoms. The van der Waals surface area contributed by atoms with Crippen LogP contribution < -0.4 is 11.0 Å². The van der Waals surface area contributed by atoms with Crippen LogP contribution >= 0.6 is 39.3 Å². The van der Waals surface area contributed by atoms with Crippen molar-refractivity contribution in [3.05, 3.63) is 56.6 Å². The SMILES string of the molecule is CCSc1ccc(Cl)cc1Nn1cnc2ncc(Br)cc2c1=O. The number of fused-ring (bicyclic) bond motifs is 1. The Labute approximate surface area is 150 Å². The molecule has 5 nitrogen and oxygen atoms in total. The van der Waals surface area contributed by atoms with Crippen LogP contribution in [-0.4, -0.2) is 20.4 Å². The fourth-order valence-corrected chi connectivity index (χ4v) is 3.31. The topological polar surface area (TPSA) is 59.8 Å². The number of hydrogen-bond acceptors (Lipinski definition) is 5. The highest BCUT2D eigenvalue weighted by atomic mass is 79.9. The molecule has 1 aromatic carbocycles. The summed E-state index contributed by atoms with van der Waals surface area (Å²) < 4.78 is 2.06. The predicted molar refractivity (Wildman–Crippen MR) is 98.4 cm³/mol. The molecule has 3 aromatic rings. The van der Waals surface area contributed by atoms with Crippen molar-refractivity contribution in [1.82, 2.24) is 14.6 Å². The molecule has 0 amide bonds. The normalized spacial score (nSPS) is 10.9. The van der Waals surface area contributed by atoms with E-state index in [4.69, 9.17) is 11.6 Å². The summed E-state index contributed by atoms with van der Waals surface area (Å²) >= 11 is 11.1. The quantitative estimate of drug-likeness (QED) is 0.652. The third-order valence-corrected chi connectivity index (χ3v) is 4.68. The van der Waals surface area contributed by atoms with Crippen LogP contribution in [0, 0.1) is 0 Å². The highest BCUT2D eigenvalue weighted by Crippen LogP contribution is 2.29. The number of hydrogen-bond donors (Lipinski definition) is 1. The van der Waals surface area contributed by atoms with Crippen LogP contribution in [-0.2, 0) is 0 Å². The number of nitrogens with zero attached hydrogens (tertiary/aromatic N) is 3. The van der Waals surface area contributed by atoms with Crippen LogP contribution in [0.15, 0.2) is 51.0 Å². The molecule has 0 saturated carbocycles. The first-order valence-electron chi connectivity index (χ1n) is 6.81. The summed E-state index contributed by atoms with van der Waals surface area (Å²) in [5, 5.41) is 1.03. The van der Waals surface area contributed by atoms with Gasteiger partial charge in [0.15, 0.2) is 5.65 Å². The van der Waals surface area contributed by atoms with Crippen molar-refractivity contribution in [3.63, 3.8) is 0 Å². The second kappa shape index (κ2) is 6.90. The van der Waals surface area contributed by atoms with Gasteiger partial charge in [-0.05, 0) is 45.9 Å². The van der Waals surface area contributed by atoms with Gasteiger partial charge in [0.25, 0.3) is 5.56 Å². The molecule has 3 rings (SSSR count). The van der Waals surface area contributed by atoms with E-state index in [2.05, 4.69) is 38.2 Å². The highest BCUT2D eigenvalue weighted by molar-refractivity contribution is 9.10. The fraction of sp³-hybridized carbons (Fsp3) is 0.133. The summed E-state index contributed by atoms with van der Waals surface area (Å²) in [6.45, 7) is 2.07. The van der Waals surface area contributed by atoms with Crippen molar-refractivity contribution in [3.8, 4) is 0 Å². The molecule has 1 N–H and O–H groups in total. The van der Waals surface area contributed by atoms with Gasteiger partial charge < -0.3 is 0 Å². The second-order valence-electron chi connectivity index (χ2n) is 4.63. The average Bonchev–Trinajstić information content (AvgIpc) is 2.53. The van der Waals surface area contributed by atoms with Crippen molar-refractivity contribution in [2.24, 2.45) is 0 Å². The molecule has 0 bridgehead atoms. The Balaban J connectivity index is 2.07. The number of thioether (sulfide) groups is 1. The monoisotopic (exact) mass is 410 g/mol. The average molecular weight is 412 g/mol. The Hall–Kier alpha value is -1.57. The van der Waals surface area contributed by atoms with Crippen LogP contribution in [0.25, 0.3) is 11.0 Å². The molecule has 0 aliphatic rings. The highest BCUT2D eigenvalue weighted by Gasteiger charge is 2.09.